The van der Waals surface area contributed by atoms with E-state index < -0.39 is 0 Å². The molecule has 0 aliphatic heterocycles. The fourth-order valence-corrected chi connectivity index (χ4v) is 2.62. The van der Waals surface area contributed by atoms with Gasteiger partial charge in [0.05, 0.1) is 5.69 Å². The number of hydrogen-bond acceptors (Lipinski definition) is 2. The van der Waals surface area contributed by atoms with E-state index >= 15 is 0 Å². The molecule has 0 amide bonds. The summed E-state index contributed by atoms with van der Waals surface area (Å²) in [5.74, 6) is 0.723. The Labute approximate surface area is 75.6 Å². The highest BCUT2D eigenvalue weighted by Gasteiger charge is 2.25. The summed E-state index contributed by atoms with van der Waals surface area (Å²) < 4.78 is 5.14. The fourth-order valence-electron chi connectivity index (χ4n) is 1.50. The van der Waals surface area contributed by atoms with E-state index in [2.05, 4.69) is 11.3 Å². The first-order valence-corrected chi connectivity index (χ1v) is 5.06. The quantitative estimate of drug-likeness (QED) is 0.657. The van der Waals surface area contributed by atoms with Gasteiger partial charge in [0.25, 0.3) is 0 Å². The molecular weight excluding hydrogens is 178 g/mol. The van der Waals surface area contributed by atoms with Crippen LogP contribution in [-0.4, -0.2) is 4.37 Å². The lowest BCUT2D eigenvalue weighted by Gasteiger charge is -2.25. The molecule has 1 nitrogen and oxygen atoms in total. The minimum Gasteiger partial charge on any atom is -0.196 e. The molecule has 0 N–H and O–H groups in total. The molecule has 0 unspecified atom stereocenters. The first-order valence-electron chi connectivity index (χ1n) is 3.90. The Kier molecular flexibility index (Phi) is 1.90. The van der Waals surface area contributed by atoms with Crippen LogP contribution < -0.4 is 0 Å². The van der Waals surface area contributed by atoms with Crippen LogP contribution in [0.1, 0.15) is 36.4 Å². The molecule has 1 aliphatic carbocycles. The largest absolute Gasteiger partial charge is 0.196 e. The summed E-state index contributed by atoms with van der Waals surface area (Å²) in [5, 5.41) is 0. The molecule has 1 aromatic heterocycles. The molecular formula is C8H10ClNS. The van der Waals surface area contributed by atoms with Gasteiger partial charge in [0.2, 0.25) is 0 Å². The van der Waals surface area contributed by atoms with Crippen molar-refractivity contribution in [2.45, 2.75) is 32.1 Å². The summed E-state index contributed by atoms with van der Waals surface area (Å²) in [4.78, 5) is 0. The highest BCUT2D eigenvalue weighted by molar-refractivity contribution is 7.10. The second-order valence-corrected chi connectivity index (χ2v) is 4.46. The maximum Gasteiger partial charge on any atom is 0.117 e. The van der Waals surface area contributed by atoms with Crippen molar-refractivity contribution in [3.63, 3.8) is 0 Å². The maximum atomic E-state index is 6.01. The summed E-state index contributed by atoms with van der Waals surface area (Å²) >= 11 is 7.43. The van der Waals surface area contributed by atoms with Gasteiger partial charge in [-0.2, -0.15) is 4.37 Å². The third kappa shape index (κ3) is 1.18. The number of hydrogen-bond donors (Lipinski definition) is 0. The van der Waals surface area contributed by atoms with E-state index in [-0.39, 0.29) is 0 Å². The van der Waals surface area contributed by atoms with Crippen LogP contribution in [0.3, 0.4) is 0 Å². The van der Waals surface area contributed by atoms with E-state index in [1.807, 2.05) is 0 Å². The average Bonchev–Trinajstić information content (AvgIpc) is 2.15. The van der Waals surface area contributed by atoms with Gasteiger partial charge in [0.1, 0.15) is 4.34 Å². The number of aromatic nitrogens is 1. The van der Waals surface area contributed by atoms with Gasteiger partial charge in [-0.15, -0.1) is 0 Å². The van der Waals surface area contributed by atoms with Gasteiger partial charge >= 0.3 is 0 Å². The SMILES string of the molecule is Cc1nsc(Cl)c1C1CCC1. The van der Waals surface area contributed by atoms with E-state index in [1.165, 1.54) is 36.4 Å². The van der Waals surface area contributed by atoms with Crippen molar-refractivity contribution in [2.24, 2.45) is 0 Å². The van der Waals surface area contributed by atoms with Gasteiger partial charge in [0, 0.05) is 5.56 Å². The predicted octanol–water partition coefficient (Wildman–Crippen LogP) is 3.37. The molecule has 0 radical (unpaired) electrons. The number of aryl methyl sites for hydroxylation is 1. The van der Waals surface area contributed by atoms with Gasteiger partial charge in [0.15, 0.2) is 0 Å². The third-order valence-corrected chi connectivity index (χ3v) is 3.53. The molecule has 60 valence electrons. The zero-order chi connectivity index (χ0) is 7.84. The van der Waals surface area contributed by atoms with Gasteiger partial charge in [-0.05, 0) is 37.2 Å². The minimum atomic E-state index is 0.723. The summed E-state index contributed by atoms with van der Waals surface area (Å²) in [7, 11) is 0. The van der Waals surface area contributed by atoms with E-state index in [9.17, 15) is 0 Å². The topological polar surface area (TPSA) is 12.9 Å². The molecule has 1 heterocycles. The summed E-state index contributed by atoms with van der Waals surface area (Å²) in [6.07, 6.45) is 3.97. The second kappa shape index (κ2) is 2.76. The van der Waals surface area contributed by atoms with Crippen LogP contribution in [0.4, 0.5) is 0 Å². The maximum absolute atomic E-state index is 6.01. The number of rotatable bonds is 1. The standard InChI is InChI=1S/C8H10ClNS/c1-5-7(6-3-2-4-6)8(9)11-10-5/h6H,2-4H2,1H3. The Morgan fingerprint density at radius 2 is 2.27 bits per heavy atom. The molecule has 1 saturated carbocycles. The van der Waals surface area contributed by atoms with Crippen molar-refractivity contribution in [2.75, 3.05) is 0 Å². The third-order valence-electron chi connectivity index (χ3n) is 2.38. The lowest BCUT2D eigenvalue weighted by Crippen LogP contribution is -2.09. The molecule has 3 heteroatoms. The molecule has 0 aromatic carbocycles. The van der Waals surface area contributed by atoms with Crippen molar-refractivity contribution in [1.29, 1.82) is 0 Å². The van der Waals surface area contributed by atoms with Crippen LogP contribution in [0.5, 0.6) is 0 Å². The lowest BCUT2D eigenvalue weighted by atomic mass is 9.80. The van der Waals surface area contributed by atoms with E-state index in [1.54, 1.807) is 0 Å². The van der Waals surface area contributed by atoms with Gasteiger partial charge < -0.3 is 0 Å². The van der Waals surface area contributed by atoms with Crippen LogP contribution in [0, 0.1) is 6.92 Å². The Morgan fingerprint density at radius 1 is 1.55 bits per heavy atom. The van der Waals surface area contributed by atoms with Crippen molar-refractivity contribution < 1.29 is 0 Å². The Bertz CT molecular complexity index is 246. The zero-order valence-electron chi connectivity index (χ0n) is 6.43. The lowest BCUT2D eigenvalue weighted by molar-refractivity contribution is 0.419. The van der Waals surface area contributed by atoms with Gasteiger partial charge in [-0.3, -0.25) is 0 Å². The van der Waals surface area contributed by atoms with Crippen LogP contribution in [0.15, 0.2) is 0 Å². The molecule has 0 atom stereocenters. The van der Waals surface area contributed by atoms with Crippen LogP contribution in [0.2, 0.25) is 4.34 Å². The highest BCUT2D eigenvalue weighted by Crippen LogP contribution is 2.42. The zero-order valence-corrected chi connectivity index (χ0v) is 8.00. The Hall–Kier alpha value is -0.0800. The molecule has 0 bridgehead atoms. The van der Waals surface area contributed by atoms with E-state index in [0.717, 1.165) is 15.9 Å². The summed E-state index contributed by atoms with van der Waals surface area (Å²) in [6.45, 7) is 2.05. The summed E-state index contributed by atoms with van der Waals surface area (Å²) in [5.41, 5.74) is 2.47. The molecule has 0 spiro atoms. The molecule has 2 rings (SSSR count). The van der Waals surface area contributed by atoms with Gasteiger partial charge in [-0.25, -0.2) is 0 Å². The van der Waals surface area contributed by atoms with E-state index in [4.69, 9.17) is 11.6 Å². The van der Waals surface area contributed by atoms with Gasteiger partial charge in [-0.1, -0.05) is 18.0 Å². The molecule has 11 heavy (non-hydrogen) atoms. The van der Waals surface area contributed by atoms with Crippen molar-refractivity contribution in [3.05, 3.63) is 15.6 Å². The summed E-state index contributed by atoms with van der Waals surface area (Å²) in [6, 6.07) is 0. The van der Waals surface area contributed by atoms with Crippen molar-refractivity contribution in [3.8, 4) is 0 Å². The molecule has 1 aliphatic rings. The van der Waals surface area contributed by atoms with Crippen LogP contribution >= 0.6 is 23.1 Å². The van der Waals surface area contributed by atoms with Crippen molar-refractivity contribution >= 4 is 23.1 Å². The predicted molar refractivity (Wildman–Crippen MR) is 48.5 cm³/mol. The molecule has 0 saturated heterocycles. The minimum absolute atomic E-state index is 0.723. The first-order chi connectivity index (χ1) is 5.29. The number of halogens is 1. The second-order valence-electron chi connectivity index (χ2n) is 3.08. The average molecular weight is 188 g/mol. The van der Waals surface area contributed by atoms with Crippen LogP contribution in [-0.2, 0) is 0 Å². The Balaban J connectivity index is 2.33. The normalized spacial score (nSPS) is 18.4. The smallest absolute Gasteiger partial charge is 0.117 e. The first kappa shape index (κ1) is 7.56. The highest BCUT2D eigenvalue weighted by atomic mass is 35.5. The van der Waals surface area contributed by atoms with E-state index in [0.29, 0.717) is 0 Å². The monoisotopic (exact) mass is 187 g/mol. The van der Waals surface area contributed by atoms with Crippen LogP contribution in [0.25, 0.3) is 0 Å². The molecule has 1 fully saturated rings. The van der Waals surface area contributed by atoms with Crippen molar-refractivity contribution in [1.82, 2.24) is 4.37 Å². The fraction of sp³-hybridized carbons (Fsp3) is 0.625. The Morgan fingerprint density at radius 3 is 2.64 bits per heavy atom. The molecule has 1 aromatic rings. The number of nitrogens with zero attached hydrogens (tertiary/aromatic N) is 1.